The van der Waals surface area contributed by atoms with Crippen LogP contribution in [-0.2, 0) is 16.1 Å². The minimum Gasteiger partial charge on any atom is -0.332 e. The Balaban J connectivity index is 2.02. The fraction of sp³-hybridized carbons (Fsp3) is 0.214. The third-order valence-corrected chi connectivity index (χ3v) is 3.94. The van der Waals surface area contributed by atoms with Crippen LogP contribution in [0.5, 0.6) is 0 Å². The molecule has 0 spiro atoms. The first-order valence-electron chi connectivity index (χ1n) is 6.29. The number of carbonyl (C=O) groups excluding carboxylic acids is 2. The van der Waals surface area contributed by atoms with Crippen LogP contribution in [0.2, 0.25) is 5.02 Å². The highest BCUT2D eigenvalue weighted by atomic mass is 35.5. The van der Waals surface area contributed by atoms with E-state index in [4.69, 9.17) is 11.6 Å². The molecule has 0 aliphatic rings. The Hall–Kier alpha value is -1.99. The maximum Gasteiger partial charge on any atom is 0.313 e. The second kappa shape index (κ2) is 6.85. The first-order valence-corrected chi connectivity index (χ1v) is 7.55. The number of anilines is 1. The summed E-state index contributed by atoms with van der Waals surface area (Å²) in [5, 5.41) is 5.16. The van der Waals surface area contributed by atoms with Crippen LogP contribution < -0.4 is 5.32 Å². The highest BCUT2D eigenvalue weighted by Crippen LogP contribution is 2.22. The minimum absolute atomic E-state index is 0.0536. The maximum atomic E-state index is 13.1. The summed E-state index contributed by atoms with van der Waals surface area (Å²) in [6.45, 7) is 2.07. The zero-order valence-corrected chi connectivity index (χ0v) is 13.5. The van der Waals surface area contributed by atoms with E-state index >= 15 is 0 Å². The molecule has 0 unspecified atom stereocenters. The Bertz CT molecular complexity index is 720. The van der Waals surface area contributed by atoms with Gasteiger partial charge in [-0.1, -0.05) is 11.6 Å². The molecular formula is C14H13ClFN3O2S. The SMILES string of the molecule is Cc1nc(CN(C)C(=O)C(=O)Nc2cc(F)ccc2Cl)cs1. The van der Waals surface area contributed by atoms with Gasteiger partial charge >= 0.3 is 11.8 Å². The molecule has 0 aliphatic heterocycles. The standard InChI is InChI=1S/C14H13ClFN3O2S/c1-8-17-10(7-22-8)6-19(2)14(21)13(20)18-12-5-9(16)3-4-11(12)15/h3-5,7H,6H2,1-2H3,(H,18,20). The van der Waals surface area contributed by atoms with Gasteiger partial charge in [0.2, 0.25) is 0 Å². The summed E-state index contributed by atoms with van der Waals surface area (Å²) in [6, 6.07) is 3.52. The Morgan fingerprint density at radius 2 is 2.18 bits per heavy atom. The van der Waals surface area contributed by atoms with E-state index in [2.05, 4.69) is 10.3 Å². The Morgan fingerprint density at radius 1 is 1.45 bits per heavy atom. The van der Waals surface area contributed by atoms with Crippen molar-refractivity contribution in [2.24, 2.45) is 0 Å². The topological polar surface area (TPSA) is 62.3 Å². The smallest absolute Gasteiger partial charge is 0.313 e. The Kier molecular flexibility index (Phi) is 5.10. The van der Waals surface area contributed by atoms with Crippen molar-refractivity contribution in [3.05, 3.63) is 45.1 Å². The molecule has 1 heterocycles. The highest BCUT2D eigenvalue weighted by molar-refractivity contribution is 7.09. The van der Waals surface area contributed by atoms with Crippen molar-refractivity contribution in [1.82, 2.24) is 9.88 Å². The van der Waals surface area contributed by atoms with Gasteiger partial charge in [-0.05, 0) is 25.1 Å². The lowest BCUT2D eigenvalue weighted by Crippen LogP contribution is -2.36. The number of benzene rings is 1. The average molecular weight is 342 g/mol. The van der Waals surface area contributed by atoms with Crippen LogP contribution in [0.15, 0.2) is 23.6 Å². The zero-order valence-electron chi connectivity index (χ0n) is 11.9. The fourth-order valence-electron chi connectivity index (χ4n) is 1.74. The molecule has 2 aromatic rings. The summed E-state index contributed by atoms with van der Waals surface area (Å²) in [5.74, 6) is -2.20. The Labute approximate surface area is 135 Å². The quantitative estimate of drug-likeness (QED) is 0.873. The molecule has 2 rings (SSSR count). The number of thiazole rings is 1. The normalized spacial score (nSPS) is 10.4. The molecule has 0 saturated heterocycles. The van der Waals surface area contributed by atoms with Crippen LogP contribution >= 0.6 is 22.9 Å². The molecule has 0 saturated carbocycles. The summed E-state index contributed by atoms with van der Waals surface area (Å²) in [4.78, 5) is 29.4. The van der Waals surface area contributed by atoms with Gasteiger partial charge < -0.3 is 10.2 Å². The molecule has 1 aromatic heterocycles. The minimum atomic E-state index is -0.887. The number of carbonyl (C=O) groups is 2. The molecule has 0 fully saturated rings. The molecule has 1 aromatic carbocycles. The van der Waals surface area contributed by atoms with Crippen LogP contribution in [0.3, 0.4) is 0 Å². The van der Waals surface area contributed by atoms with Crippen molar-refractivity contribution in [2.45, 2.75) is 13.5 Å². The van der Waals surface area contributed by atoms with E-state index in [1.807, 2.05) is 12.3 Å². The lowest BCUT2D eigenvalue weighted by atomic mass is 10.3. The predicted molar refractivity (Wildman–Crippen MR) is 83.4 cm³/mol. The van der Waals surface area contributed by atoms with E-state index in [1.165, 1.54) is 29.4 Å². The first-order chi connectivity index (χ1) is 10.4. The van der Waals surface area contributed by atoms with Gasteiger partial charge in [-0.2, -0.15) is 0 Å². The molecule has 0 radical (unpaired) electrons. The molecule has 116 valence electrons. The summed E-state index contributed by atoms with van der Waals surface area (Å²) in [6.07, 6.45) is 0. The molecule has 5 nitrogen and oxygen atoms in total. The van der Waals surface area contributed by atoms with E-state index in [0.717, 1.165) is 17.1 Å². The Morgan fingerprint density at radius 3 is 2.82 bits per heavy atom. The molecule has 8 heteroatoms. The molecule has 22 heavy (non-hydrogen) atoms. The second-order valence-corrected chi connectivity index (χ2v) is 6.07. The summed E-state index contributed by atoms with van der Waals surface area (Å²) < 4.78 is 13.1. The lowest BCUT2D eigenvalue weighted by Gasteiger charge is -2.15. The summed E-state index contributed by atoms with van der Waals surface area (Å²) in [5.41, 5.74) is 0.757. The van der Waals surface area contributed by atoms with Crippen molar-refractivity contribution in [2.75, 3.05) is 12.4 Å². The fourth-order valence-corrected chi connectivity index (χ4v) is 2.51. The van der Waals surface area contributed by atoms with Gasteiger partial charge in [0.15, 0.2) is 0 Å². The van der Waals surface area contributed by atoms with E-state index in [1.54, 1.807) is 0 Å². The monoisotopic (exact) mass is 341 g/mol. The van der Waals surface area contributed by atoms with Crippen molar-refractivity contribution >= 4 is 40.4 Å². The number of amides is 2. The third-order valence-electron chi connectivity index (χ3n) is 2.78. The number of likely N-dealkylation sites (N-methyl/N-ethyl adjacent to an activating group) is 1. The van der Waals surface area contributed by atoms with Crippen LogP contribution in [0, 0.1) is 12.7 Å². The summed E-state index contributed by atoms with van der Waals surface area (Å²) in [7, 11) is 1.49. The number of hydrogen-bond acceptors (Lipinski definition) is 4. The van der Waals surface area contributed by atoms with E-state index in [0.29, 0.717) is 5.69 Å². The highest BCUT2D eigenvalue weighted by Gasteiger charge is 2.20. The van der Waals surface area contributed by atoms with Crippen molar-refractivity contribution in [3.63, 3.8) is 0 Å². The number of aromatic nitrogens is 1. The molecule has 2 amide bonds. The van der Waals surface area contributed by atoms with Gasteiger partial charge in [0.05, 0.1) is 28.0 Å². The van der Waals surface area contributed by atoms with E-state index < -0.39 is 17.6 Å². The van der Waals surface area contributed by atoms with Gasteiger partial charge in [0, 0.05) is 12.4 Å². The van der Waals surface area contributed by atoms with Gasteiger partial charge in [0.1, 0.15) is 5.82 Å². The second-order valence-electron chi connectivity index (χ2n) is 4.60. The number of nitrogens with one attached hydrogen (secondary N) is 1. The number of halogens is 2. The first kappa shape index (κ1) is 16.4. The zero-order chi connectivity index (χ0) is 16.3. The number of aryl methyl sites for hydroxylation is 1. The van der Waals surface area contributed by atoms with Crippen molar-refractivity contribution in [1.29, 1.82) is 0 Å². The number of rotatable bonds is 3. The maximum absolute atomic E-state index is 13.1. The van der Waals surface area contributed by atoms with E-state index in [-0.39, 0.29) is 17.3 Å². The molecule has 0 atom stereocenters. The van der Waals surface area contributed by atoms with Crippen LogP contribution in [-0.4, -0.2) is 28.7 Å². The van der Waals surface area contributed by atoms with Crippen LogP contribution in [0.4, 0.5) is 10.1 Å². The van der Waals surface area contributed by atoms with Gasteiger partial charge in [-0.25, -0.2) is 9.37 Å². The largest absolute Gasteiger partial charge is 0.332 e. The molecule has 1 N–H and O–H groups in total. The van der Waals surface area contributed by atoms with Crippen molar-refractivity contribution in [3.8, 4) is 0 Å². The average Bonchev–Trinajstić information content (AvgIpc) is 2.87. The lowest BCUT2D eigenvalue weighted by molar-refractivity contribution is -0.142. The summed E-state index contributed by atoms with van der Waals surface area (Å²) >= 11 is 7.31. The van der Waals surface area contributed by atoms with Gasteiger partial charge in [-0.3, -0.25) is 9.59 Å². The molecular weight excluding hydrogens is 329 g/mol. The molecule has 0 bridgehead atoms. The van der Waals surface area contributed by atoms with Crippen LogP contribution in [0.25, 0.3) is 0 Å². The number of nitrogens with zero attached hydrogens (tertiary/aromatic N) is 2. The van der Waals surface area contributed by atoms with Crippen molar-refractivity contribution < 1.29 is 14.0 Å². The number of hydrogen-bond donors (Lipinski definition) is 1. The van der Waals surface area contributed by atoms with Gasteiger partial charge in [-0.15, -0.1) is 11.3 Å². The predicted octanol–water partition coefficient (Wildman–Crippen LogP) is 2.84. The van der Waals surface area contributed by atoms with E-state index in [9.17, 15) is 14.0 Å². The molecule has 0 aliphatic carbocycles. The van der Waals surface area contributed by atoms with Crippen LogP contribution in [0.1, 0.15) is 10.7 Å². The third kappa shape index (κ3) is 4.02. The van der Waals surface area contributed by atoms with Gasteiger partial charge in [0.25, 0.3) is 0 Å².